The summed E-state index contributed by atoms with van der Waals surface area (Å²) in [5, 5.41) is 3.58. The first-order valence-corrected chi connectivity index (χ1v) is 8.70. The Morgan fingerprint density at radius 2 is 1.90 bits per heavy atom. The smallest absolute Gasteiger partial charge is 0.0702 e. The predicted molar refractivity (Wildman–Crippen MR) is 90.3 cm³/mol. The molecule has 2 aromatic rings. The highest BCUT2D eigenvalue weighted by atomic mass is 79.9. The first kappa shape index (κ1) is 14.1. The molecule has 0 amide bonds. The van der Waals surface area contributed by atoms with Crippen molar-refractivity contribution in [1.82, 2.24) is 4.90 Å². The number of nitrogens with one attached hydrogen (secondary N) is 1. The average Bonchev–Trinajstić information content (AvgIpc) is 3.10. The third-order valence-electron chi connectivity index (χ3n) is 3.69. The first-order valence-electron chi connectivity index (χ1n) is 7.09. The molecule has 1 saturated heterocycles. The molecule has 2 nitrogen and oxygen atoms in total. The van der Waals surface area contributed by atoms with Crippen LogP contribution in [0.3, 0.4) is 0 Å². The molecule has 2 heterocycles. The minimum Gasteiger partial charge on any atom is -0.380 e. The van der Waals surface area contributed by atoms with Crippen molar-refractivity contribution < 1.29 is 0 Å². The number of halogens is 1. The average molecular weight is 351 g/mol. The highest BCUT2D eigenvalue weighted by Gasteiger charge is 2.13. The van der Waals surface area contributed by atoms with Gasteiger partial charge < -0.3 is 5.32 Å². The van der Waals surface area contributed by atoms with Crippen molar-refractivity contribution in [2.45, 2.75) is 25.9 Å². The molecule has 1 aromatic carbocycles. The molecule has 1 N–H and O–H groups in total. The quantitative estimate of drug-likeness (QED) is 0.839. The van der Waals surface area contributed by atoms with Gasteiger partial charge in [0.15, 0.2) is 0 Å². The Morgan fingerprint density at radius 3 is 2.65 bits per heavy atom. The summed E-state index contributed by atoms with van der Waals surface area (Å²) in [6.45, 7) is 4.45. The van der Waals surface area contributed by atoms with Crippen LogP contribution in [0.2, 0.25) is 0 Å². The molecule has 0 spiro atoms. The van der Waals surface area contributed by atoms with Crippen LogP contribution >= 0.6 is 27.3 Å². The molecule has 0 aliphatic carbocycles. The third kappa shape index (κ3) is 3.62. The molecule has 1 aliphatic heterocycles. The van der Waals surface area contributed by atoms with E-state index in [4.69, 9.17) is 0 Å². The predicted octanol–water partition coefficient (Wildman–Crippen LogP) is 4.72. The Bertz CT molecular complexity index is 561. The Balaban J connectivity index is 1.65. The highest BCUT2D eigenvalue weighted by Crippen LogP contribution is 2.24. The summed E-state index contributed by atoms with van der Waals surface area (Å²) in [5.74, 6) is 0. The summed E-state index contributed by atoms with van der Waals surface area (Å²) in [7, 11) is 0. The molecule has 0 bridgehead atoms. The Hall–Kier alpha value is -0.840. The molecule has 106 valence electrons. The second-order valence-corrected chi connectivity index (χ2v) is 7.75. The maximum absolute atomic E-state index is 3.58. The van der Waals surface area contributed by atoms with Gasteiger partial charge in [-0.25, -0.2) is 0 Å². The number of likely N-dealkylation sites (tertiary alicyclic amines) is 1. The maximum atomic E-state index is 3.58. The van der Waals surface area contributed by atoms with Crippen LogP contribution in [0.5, 0.6) is 0 Å². The summed E-state index contributed by atoms with van der Waals surface area (Å²) in [6.07, 6.45) is 2.69. The molecule has 3 rings (SSSR count). The summed E-state index contributed by atoms with van der Waals surface area (Å²) in [5.41, 5.74) is 2.67. The van der Waals surface area contributed by atoms with Gasteiger partial charge in [-0.05, 0) is 65.6 Å². The van der Waals surface area contributed by atoms with Crippen LogP contribution in [0.25, 0.3) is 0 Å². The van der Waals surface area contributed by atoms with E-state index in [0.717, 1.165) is 13.1 Å². The fraction of sp³-hybridized carbons (Fsp3) is 0.375. The van der Waals surface area contributed by atoms with E-state index in [9.17, 15) is 0 Å². The van der Waals surface area contributed by atoms with E-state index in [1.165, 1.54) is 45.8 Å². The minimum atomic E-state index is 0.896. The van der Waals surface area contributed by atoms with E-state index < -0.39 is 0 Å². The van der Waals surface area contributed by atoms with E-state index in [0.29, 0.717) is 0 Å². The van der Waals surface area contributed by atoms with Gasteiger partial charge in [0, 0.05) is 23.7 Å². The number of anilines is 1. The third-order valence-corrected chi connectivity index (χ3v) is 5.32. The van der Waals surface area contributed by atoms with Crippen LogP contribution in [0.15, 0.2) is 40.2 Å². The van der Waals surface area contributed by atoms with Crippen molar-refractivity contribution in [2.24, 2.45) is 0 Å². The van der Waals surface area contributed by atoms with Gasteiger partial charge in [0.05, 0.1) is 3.79 Å². The highest BCUT2D eigenvalue weighted by molar-refractivity contribution is 9.11. The Kier molecular flexibility index (Phi) is 4.76. The van der Waals surface area contributed by atoms with Gasteiger partial charge in [-0.15, -0.1) is 11.3 Å². The van der Waals surface area contributed by atoms with Crippen molar-refractivity contribution in [2.75, 3.05) is 18.4 Å². The summed E-state index contributed by atoms with van der Waals surface area (Å²) in [4.78, 5) is 3.90. The zero-order chi connectivity index (χ0) is 13.8. The maximum Gasteiger partial charge on any atom is 0.0702 e. The zero-order valence-corrected chi connectivity index (χ0v) is 13.8. The first-order chi connectivity index (χ1) is 9.81. The van der Waals surface area contributed by atoms with E-state index in [1.54, 1.807) is 11.3 Å². The van der Waals surface area contributed by atoms with Crippen molar-refractivity contribution >= 4 is 33.0 Å². The SMILES string of the molecule is Brc1ccc(CNc2ccccc2CN2CCCC2)s1. The van der Waals surface area contributed by atoms with Crippen LogP contribution in [-0.4, -0.2) is 18.0 Å². The van der Waals surface area contributed by atoms with Gasteiger partial charge in [-0.2, -0.15) is 0 Å². The number of para-hydroxylation sites is 1. The fourth-order valence-electron chi connectivity index (χ4n) is 2.64. The van der Waals surface area contributed by atoms with Crippen LogP contribution in [0.1, 0.15) is 23.3 Å². The lowest BCUT2D eigenvalue weighted by atomic mass is 10.1. The standard InChI is InChI=1S/C16H19BrN2S/c17-16-8-7-14(20-16)11-18-15-6-2-1-5-13(15)12-19-9-3-4-10-19/h1-2,5-8,18H,3-4,9-12H2. The lowest BCUT2D eigenvalue weighted by molar-refractivity contribution is 0.332. The Morgan fingerprint density at radius 1 is 1.10 bits per heavy atom. The van der Waals surface area contributed by atoms with Gasteiger partial charge >= 0.3 is 0 Å². The van der Waals surface area contributed by atoms with Crippen molar-refractivity contribution in [3.8, 4) is 0 Å². The normalized spacial score (nSPS) is 15.7. The van der Waals surface area contributed by atoms with Gasteiger partial charge in [-0.3, -0.25) is 4.90 Å². The number of hydrogen-bond acceptors (Lipinski definition) is 3. The topological polar surface area (TPSA) is 15.3 Å². The fourth-order valence-corrected chi connectivity index (χ4v) is 4.06. The lowest BCUT2D eigenvalue weighted by Crippen LogP contribution is -2.19. The van der Waals surface area contributed by atoms with E-state index in [1.807, 2.05) is 0 Å². The molecule has 4 heteroatoms. The van der Waals surface area contributed by atoms with E-state index >= 15 is 0 Å². The van der Waals surface area contributed by atoms with Gasteiger partial charge in [0.1, 0.15) is 0 Å². The molecule has 0 radical (unpaired) electrons. The molecule has 1 aromatic heterocycles. The van der Waals surface area contributed by atoms with Gasteiger partial charge in [0.2, 0.25) is 0 Å². The van der Waals surface area contributed by atoms with Crippen molar-refractivity contribution in [3.05, 3.63) is 50.6 Å². The van der Waals surface area contributed by atoms with Gasteiger partial charge in [0.25, 0.3) is 0 Å². The number of benzene rings is 1. The lowest BCUT2D eigenvalue weighted by Gasteiger charge is -2.18. The summed E-state index contributed by atoms with van der Waals surface area (Å²) >= 11 is 5.30. The van der Waals surface area contributed by atoms with Crippen molar-refractivity contribution in [1.29, 1.82) is 0 Å². The number of thiophene rings is 1. The molecule has 0 unspecified atom stereocenters. The second-order valence-electron chi connectivity index (χ2n) is 5.20. The molecule has 0 atom stereocenters. The van der Waals surface area contributed by atoms with Crippen LogP contribution in [-0.2, 0) is 13.1 Å². The van der Waals surface area contributed by atoms with Crippen molar-refractivity contribution in [3.63, 3.8) is 0 Å². The summed E-state index contributed by atoms with van der Waals surface area (Å²) in [6, 6.07) is 13.0. The zero-order valence-electron chi connectivity index (χ0n) is 11.4. The molecule has 20 heavy (non-hydrogen) atoms. The monoisotopic (exact) mass is 350 g/mol. The van der Waals surface area contributed by atoms with Crippen LogP contribution < -0.4 is 5.32 Å². The number of rotatable bonds is 5. The van der Waals surface area contributed by atoms with Crippen LogP contribution in [0.4, 0.5) is 5.69 Å². The van der Waals surface area contributed by atoms with Gasteiger partial charge in [-0.1, -0.05) is 18.2 Å². The Labute approximate surface area is 132 Å². The van der Waals surface area contributed by atoms with E-state index in [-0.39, 0.29) is 0 Å². The largest absolute Gasteiger partial charge is 0.380 e. The summed E-state index contributed by atoms with van der Waals surface area (Å²) < 4.78 is 1.19. The molecule has 1 fully saturated rings. The van der Waals surface area contributed by atoms with Crippen LogP contribution in [0, 0.1) is 0 Å². The van der Waals surface area contributed by atoms with E-state index in [2.05, 4.69) is 62.5 Å². The number of nitrogens with zero attached hydrogens (tertiary/aromatic N) is 1. The molecule has 1 aliphatic rings. The molecule has 0 saturated carbocycles. The molecular formula is C16H19BrN2S. The second kappa shape index (κ2) is 6.74. The molecular weight excluding hydrogens is 332 g/mol. The number of hydrogen-bond donors (Lipinski definition) is 1. The minimum absolute atomic E-state index is 0.896.